The third-order valence-corrected chi connectivity index (χ3v) is 3.23. The topological polar surface area (TPSA) is 41.5 Å². The first-order valence-corrected chi connectivity index (χ1v) is 6.46. The molecule has 0 heterocycles. The van der Waals surface area contributed by atoms with Gasteiger partial charge in [0.2, 0.25) is 5.91 Å². The highest BCUT2D eigenvalue weighted by Crippen LogP contribution is 2.27. The zero-order valence-electron chi connectivity index (χ0n) is 11.1. The smallest absolute Gasteiger partial charge is 0.236 e. The quantitative estimate of drug-likeness (QED) is 0.429. The average molecular weight is 262 g/mol. The van der Waals surface area contributed by atoms with Gasteiger partial charge < -0.3 is 0 Å². The van der Waals surface area contributed by atoms with Crippen molar-refractivity contribution >= 4 is 33.7 Å². The van der Waals surface area contributed by atoms with Crippen molar-refractivity contribution in [1.82, 2.24) is 5.43 Å². The van der Waals surface area contributed by atoms with Crippen LogP contribution in [0.1, 0.15) is 12.5 Å². The molecule has 0 atom stereocenters. The number of hydrogen-bond donors (Lipinski definition) is 1. The number of fused-ring (bicyclic) bond motifs is 2. The van der Waals surface area contributed by atoms with Gasteiger partial charge in [-0.3, -0.25) is 4.79 Å². The molecule has 3 rings (SSSR count). The molecule has 0 fully saturated rings. The van der Waals surface area contributed by atoms with Crippen molar-refractivity contribution in [2.75, 3.05) is 0 Å². The van der Waals surface area contributed by atoms with Gasteiger partial charge in [-0.1, -0.05) is 48.5 Å². The first-order chi connectivity index (χ1) is 9.75. The molecule has 20 heavy (non-hydrogen) atoms. The Bertz CT molecular complexity index is 767. The molecule has 1 amide bonds. The van der Waals surface area contributed by atoms with E-state index in [0.29, 0.717) is 0 Å². The molecular weight excluding hydrogens is 248 g/mol. The fourth-order valence-electron chi connectivity index (χ4n) is 2.38. The molecule has 3 aromatic carbocycles. The first kappa shape index (κ1) is 12.4. The Balaban J connectivity index is 2.27. The summed E-state index contributed by atoms with van der Waals surface area (Å²) >= 11 is 0. The lowest BCUT2D eigenvalue weighted by molar-refractivity contribution is -0.118. The van der Waals surface area contributed by atoms with Crippen molar-refractivity contribution in [2.24, 2.45) is 5.10 Å². The Morgan fingerprint density at radius 2 is 1.55 bits per heavy atom. The van der Waals surface area contributed by atoms with Crippen LogP contribution in [-0.2, 0) is 4.79 Å². The maximum Gasteiger partial charge on any atom is 0.236 e. The van der Waals surface area contributed by atoms with E-state index in [1.165, 1.54) is 6.92 Å². The molecule has 3 nitrogen and oxygen atoms in total. The van der Waals surface area contributed by atoms with Crippen LogP contribution in [0.5, 0.6) is 0 Å². The summed E-state index contributed by atoms with van der Waals surface area (Å²) in [6.45, 7) is 1.44. The molecular formula is C17H14N2O. The summed E-state index contributed by atoms with van der Waals surface area (Å²) < 4.78 is 0. The van der Waals surface area contributed by atoms with Crippen LogP contribution in [0.2, 0.25) is 0 Å². The number of hydrogen-bond acceptors (Lipinski definition) is 2. The molecule has 0 aliphatic rings. The molecule has 0 spiro atoms. The van der Waals surface area contributed by atoms with E-state index in [1.807, 2.05) is 24.3 Å². The highest BCUT2D eigenvalue weighted by atomic mass is 16.2. The molecule has 0 saturated heterocycles. The average Bonchev–Trinajstić information content (AvgIpc) is 2.46. The van der Waals surface area contributed by atoms with E-state index in [0.717, 1.165) is 27.1 Å². The van der Waals surface area contributed by atoms with Crippen molar-refractivity contribution < 1.29 is 4.79 Å². The fourth-order valence-corrected chi connectivity index (χ4v) is 2.38. The van der Waals surface area contributed by atoms with Crippen molar-refractivity contribution in [1.29, 1.82) is 0 Å². The molecule has 3 heteroatoms. The van der Waals surface area contributed by atoms with E-state index in [2.05, 4.69) is 40.9 Å². The minimum atomic E-state index is -0.175. The van der Waals surface area contributed by atoms with Gasteiger partial charge in [-0.05, 0) is 27.6 Å². The largest absolute Gasteiger partial charge is 0.274 e. The minimum Gasteiger partial charge on any atom is -0.274 e. The van der Waals surface area contributed by atoms with Crippen LogP contribution in [0.3, 0.4) is 0 Å². The molecule has 0 aromatic heterocycles. The Morgan fingerprint density at radius 1 is 1.00 bits per heavy atom. The third kappa shape index (κ3) is 2.26. The van der Waals surface area contributed by atoms with E-state index >= 15 is 0 Å². The molecule has 0 bridgehead atoms. The predicted molar refractivity (Wildman–Crippen MR) is 82.9 cm³/mol. The number of carbonyl (C=O) groups excluding carboxylic acids is 1. The lowest BCUT2D eigenvalue weighted by Gasteiger charge is -2.07. The molecule has 0 saturated carbocycles. The molecule has 98 valence electrons. The molecule has 0 unspecified atom stereocenters. The molecule has 1 N–H and O–H groups in total. The van der Waals surface area contributed by atoms with Crippen LogP contribution in [0, 0.1) is 0 Å². The van der Waals surface area contributed by atoms with Crippen molar-refractivity contribution in [2.45, 2.75) is 6.92 Å². The van der Waals surface area contributed by atoms with Gasteiger partial charge in [-0.25, -0.2) is 5.43 Å². The number of carbonyl (C=O) groups is 1. The maximum atomic E-state index is 10.9. The summed E-state index contributed by atoms with van der Waals surface area (Å²) in [7, 11) is 0. The summed E-state index contributed by atoms with van der Waals surface area (Å²) in [5.74, 6) is -0.175. The number of amides is 1. The van der Waals surface area contributed by atoms with Crippen LogP contribution >= 0.6 is 0 Å². The van der Waals surface area contributed by atoms with E-state index in [1.54, 1.807) is 6.21 Å². The van der Waals surface area contributed by atoms with Gasteiger partial charge in [-0.2, -0.15) is 5.10 Å². The highest BCUT2D eigenvalue weighted by molar-refractivity contribution is 6.13. The van der Waals surface area contributed by atoms with Gasteiger partial charge in [0.15, 0.2) is 0 Å². The number of benzene rings is 3. The Morgan fingerprint density at radius 3 is 2.10 bits per heavy atom. The van der Waals surface area contributed by atoms with Crippen LogP contribution < -0.4 is 5.43 Å². The van der Waals surface area contributed by atoms with Gasteiger partial charge in [0, 0.05) is 12.5 Å². The normalized spacial score (nSPS) is 11.2. The molecule has 0 radical (unpaired) electrons. The van der Waals surface area contributed by atoms with Crippen LogP contribution in [0.15, 0.2) is 59.7 Å². The summed E-state index contributed by atoms with van der Waals surface area (Å²) in [4.78, 5) is 10.9. The minimum absolute atomic E-state index is 0.175. The van der Waals surface area contributed by atoms with Gasteiger partial charge in [0.1, 0.15) is 0 Å². The third-order valence-electron chi connectivity index (χ3n) is 3.23. The SMILES string of the molecule is CC(=O)NN=Cc1c2ccccc2cc2ccccc12. The van der Waals surface area contributed by atoms with Gasteiger partial charge in [0.05, 0.1) is 6.21 Å². The molecule has 0 aliphatic heterocycles. The Kier molecular flexibility index (Phi) is 3.17. The zero-order chi connectivity index (χ0) is 13.9. The van der Waals surface area contributed by atoms with Gasteiger partial charge >= 0.3 is 0 Å². The fraction of sp³-hybridized carbons (Fsp3) is 0.0588. The predicted octanol–water partition coefficient (Wildman–Crippen LogP) is 3.46. The second kappa shape index (κ2) is 5.13. The van der Waals surface area contributed by atoms with E-state index in [9.17, 15) is 4.79 Å². The lowest BCUT2D eigenvalue weighted by atomic mass is 9.97. The summed E-state index contributed by atoms with van der Waals surface area (Å²) in [5, 5.41) is 8.59. The van der Waals surface area contributed by atoms with Crippen LogP contribution in [-0.4, -0.2) is 12.1 Å². The lowest BCUT2D eigenvalue weighted by Crippen LogP contribution is -2.12. The Labute approximate surface area is 116 Å². The monoisotopic (exact) mass is 262 g/mol. The number of rotatable bonds is 2. The number of hydrazone groups is 1. The first-order valence-electron chi connectivity index (χ1n) is 6.46. The van der Waals surface area contributed by atoms with Crippen LogP contribution in [0.25, 0.3) is 21.5 Å². The molecule has 3 aromatic rings. The number of nitrogens with zero attached hydrogens (tertiary/aromatic N) is 1. The van der Waals surface area contributed by atoms with Gasteiger partial charge in [0.25, 0.3) is 0 Å². The highest BCUT2D eigenvalue weighted by Gasteiger charge is 2.05. The second-order valence-electron chi connectivity index (χ2n) is 4.66. The van der Waals surface area contributed by atoms with Crippen molar-refractivity contribution in [3.05, 3.63) is 60.2 Å². The standard InChI is InChI=1S/C17H14N2O/c1-12(20)19-18-11-17-15-8-4-2-6-13(15)10-14-7-3-5-9-16(14)17/h2-11H,1H3,(H,19,20). The van der Waals surface area contributed by atoms with E-state index in [4.69, 9.17) is 0 Å². The van der Waals surface area contributed by atoms with E-state index in [-0.39, 0.29) is 5.91 Å². The summed E-state index contributed by atoms with van der Waals surface area (Å²) in [6, 6.07) is 18.5. The van der Waals surface area contributed by atoms with E-state index < -0.39 is 0 Å². The maximum absolute atomic E-state index is 10.9. The summed E-state index contributed by atoms with van der Waals surface area (Å²) in [6.07, 6.45) is 1.71. The van der Waals surface area contributed by atoms with Crippen LogP contribution in [0.4, 0.5) is 0 Å². The molecule has 0 aliphatic carbocycles. The number of nitrogens with one attached hydrogen (secondary N) is 1. The second-order valence-corrected chi connectivity index (χ2v) is 4.66. The summed E-state index contributed by atoms with van der Waals surface area (Å²) in [5.41, 5.74) is 3.47. The van der Waals surface area contributed by atoms with Crippen molar-refractivity contribution in [3.8, 4) is 0 Å². The zero-order valence-corrected chi connectivity index (χ0v) is 11.1. The Hall–Kier alpha value is -2.68. The van der Waals surface area contributed by atoms with Crippen molar-refractivity contribution in [3.63, 3.8) is 0 Å². The van der Waals surface area contributed by atoms with Gasteiger partial charge in [-0.15, -0.1) is 0 Å².